The molecule has 1 aromatic heterocycles. The first kappa shape index (κ1) is 20.2. The monoisotopic (exact) mass is 412 g/mol. The third-order valence-corrected chi connectivity index (χ3v) is 4.28. The summed E-state index contributed by atoms with van der Waals surface area (Å²) in [7, 11) is 0. The SMILES string of the molecule is O=C(COC(=O)c1ccccc1NC(=O)c1ccco1)NCc1ccccc1Cl. The molecule has 7 nitrogen and oxygen atoms in total. The highest BCUT2D eigenvalue weighted by molar-refractivity contribution is 6.31. The van der Waals surface area contributed by atoms with Crippen molar-refractivity contribution in [2.24, 2.45) is 0 Å². The molecule has 0 atom stereocenters. The second-order valence-electron chi connectivity index (χ2n) is 5.92. The second kappa shape index (κ2) is 9.57. The molecule has 3 aromatic rings. The Balaban J connectivity index is 1.56. The summed E-state index contributed by atoms with van der Waals surface area (Å²) in [5.41, 5.74) is 1.11. The molecule has 29 heavy (non-hydrogen) atoms. The van der Waals surface area contributed by atoms with Gasteiger partial charge in [-0.1, -0.05) is 41.9 Å². The van der Waals surface area contributed by atoms with E-state index in [0.717, 1.165) is 5.56 Å². The number of carbonyl (C=O) groups excluding carboxylic acids is 3. The van der Waals surface area contributed by atoms with Gasteiger partial charge in [0.1, 0.15) is 0 Å². The first-order valence-corrected chi connectivity index (χ1v) is 9.03. The number of esters is 1. The molecule has 0 radical (unpaired) electrons. The Kier molecular flexibility index (Phi) is 6.65. The number of anilines is 1. The summed E-state index contributed by atoms with van der Waals surface area (Å²) in [6, 6.07) is 16.5. The van der Waals surface area contributed by atoms with Crippen LogP contribution in [-0.2, 0) is 16.1 Å². The molecule has 0 bridgehead atoms. The van der Waals surface area contributed by atoms with E-state index >= 15 is 0 Å². The number of furan rings is 1. The molecule has 0 spiro atoms. The van der Waals surface area contributed by atoms with E-state index in [4.69, 9.17) is 20.8 Å². The van der Waals surface area contributed by atoms with Gasteiger partial charge >= 0.3 is 5.97 Å². The van der Waals surface area contributed by atoms with Crippen LogP contribution in [0.3, 0.4) is 0 Å². The summed E-state index contributed by atoms with van der Waals surface area (Å²) in [4.78, 5) is 36.5. The second-order valence-corrected chi connectivity index (χ2v) is 6.33. The Hall–Kier alpha value is -3.58. The normalized spacial score (nSPS) is 10.2. The van der Waals surface area contributed by atoms with Crippen molar-refractivity contribution >= 4 is 35.1 Å². The Labute approximate surface area is 171 Å². The third kappa shape index (κ3) is 5.46. The van der Waals surface area contributed by atoms with E-state index in [1.54, 1.807) is 48.5 Å². The smallest absolute Gasteiger partial charge is 0.340 e. The summed E-state index contributed by atoms with van der Waals surface area (Å²) in [6.07, 6.45) is 1.37. The first-order chi connectivity index (χ1) is 14.0. The lowest BCUT2D eigenvalue weighted by Crippen LogP contribution is -2.28. The summed E-state index contributed by atoms with van der Waals surface area (Å²) < 4.78 is 10.1. The van der Waals surface area contributed by atoms with Crippen LogP contribution in [0.15, 0.2) is 71.3 Å². The van der Waals surface area contributed by atoms with Crippen LogP contribution in [-0.4, -0.2) is 24.4 Å². The van der Waals surface area contributed by atoms with Gasteiger partial charge in [0.2, 0.25) is 0 Å². The predicted octanol–water partition coefficient (Wildman–Crippen LogP) is 3.66. The Morgan fingerprint density at radius 3 is 2.48 bits per heavy atom. The Morgan fingerprint density at radius 2 is 1.72 bits per heavy atom. The van der Waals surface area contributed by atoms with Gasteiger partial charge in [0.05, 0.1) is 17.5 Å². The van der Waals surface area contributed by atoms with Crippen LogP contribution in [0.5, 0.6) is 0 Å². The molecule has 0 saturated carbocycles. The van der Waals surface area contributed by atoms with Gasteiger partial charge in [-0.05, 0) is 35.9 Å². The fraction of sp³-hybridized carbons (Fsp3) is 0.0952. The van der Waals surface area contributed by atoms with Crippen molar-refractivity contribution in [3.05, 3.63) is 88.8 Å². The zero-order valence-electron chi connectivity index (χ0n) is 15.2. The maximum atomic E-state index is 12.4. The lowest BCUT2D eigenvalue weighted by Gasteiger charge is -2.11. The van der Waals surface area contributed by atoms with E-state index in [1.165, 1.54) is 18.4 Å². The maximum absolute atomic E-state index is 12.4. The van der Waals surface area contributed by atoms with Crippen LogP contribution in [0.1, 0.15) is 26.5 Å². The van der Waals surface area contributed by atoms with E-state index in [1.807, 2.05) is 0 Å². The molecule has 0 fully saturated rings. The average molecular weight is 413 g/mol. The molecule has 2 N–H and O–H groups in total. The summed E-state index contributed by atoms with van der Waals surface area (Å²) >= 11 is 6.03. The molecule has 148 valence electrons. The minimum atomic E-state index is -0.742. The van der Waals surface area contributed by atoms with Gasteiger partial charge in [-0.2, -0.15) is 0 Å². The third-order valence-electron chi connectivity index (χ3n) is 3.91. The zero-order chi connectivity index (χ0) is 20.6. The number of halogens is 1. The molecule has 0 aliphatic rings. The van der Waals surface area contributed by atoms with Crippen molar-refractivity contribution in [1.29, 1.82) is 0 Å². The van der Waals surface area contributed by atoms with Gasteiger partial charge in [-0.25, -0.2) is 4.79 Å². The van der Waals surface area contributed by atoms with Gasteiger partial charge in [-0.15, -0.1) is 0 Å². The van der Waals surface area contributed by atoms with Crippen molar-refractivity contribution in [3.63, 3.8) is 0 Å². The molecule has 0 saturated heterocycles. The molecular formula is C21H17ClN2O5. The molecule has 2 amide bonds. The van der Waals surface area contributed by atoms with Crippen LogP contribution in [0.4, 0.5) is 5.69 Å². The van der Waals surface area contributed by atoms with Gasteiger partial charge in [0, 0.05) is 11.6 Å². The predicted molar refractivity (Wildman–Crippen MR) is 107 cm³/mol. The summed E-state index contributed by atoms with van der Waals surface area (Å²) in [6.45, 7) is -0.254. The largest absolute Gasteiger partial charge is 0.459 e. The molecule has 0 aliphatic heterocycles. The van der Waals surface area contributed by atoms with Gasteiger partial charge < -0.3 is 19.8 Å². The van der Waals surface area contributed by atoms with Crippen molar-refractivity contribution in [2.75, 3.05) is 11.9 Å². The fourth-order valence-electron chi connectivity index (χ4n) is 2.46. The standard InChI is InChI=1S/C21H17ClN2O5/c22-16-8-3-1-6-14(16)12-23-19(25)13-29-21(27)15-7-2-4-9-17(15)24-20(26)18-10-5-11-28-18/h1-11H,12-13H2,(H,23,25)(H,24,26). The van der Waals surface area contributed by atoms with Gasteiger partial charge in [0.15, 0.2) is 12.4 Å². The van der Waals surface area contributed by atoms with Crippen LogP contribution >= 0.6 is 11.6 Å². The van der Waals surface area contributed by atoms with E-state index < -0.39 is 24.4 Å². The van der Waals surface area contributed by atoms with Crippen molar-refractivity contribution in [1.82, 2.24) is 5.32 Å². The average Bonchev–Trinajstić information content (AvgIpc) is 3.27. The number of benzene rings is 2. The molecule has 1 heterocycles. The number of hydrogen-bond acceptors (Lipinski definition) is 5. The molecule has 0 aliphatic carbocycles. The number of para-hydroxylation sites is 1. The summed E-state index contributed by atoms with van der Waals surface area (Å²) in [5, 5.41) is 5.75. The van der Waals surface area contributed by atoms with Crippen LogP contribution in [0.25, 0.3) is 0 Å². The van der Waals surface area contributed by atoms with Crippen molar-refractivity contribution < 1.29 is 23.5 Å². The van der Waals surface area contributed by atoms with E-state index in [-0.39, 0.29) is 23.6 Å². The van der Waals surface area contributed by atoms with Crippen LogP contribution in [0.2, 0.25) is 5.02 Å². The van der Waals surface area contributed by atoms with Crippen molar-refractivity contribution in [3.8, 4) is 0 Å². The Bertz CT molecular complexity index is 1020. The Morgan fingerprint density at radius 1 is 0.966 bits per heavy atom. The highest BCUT2D eigenvalue weighted by atomic mass is 35.5. The topological polar surface area (TPSA) is 97.6 Å². The van der Waals surface area contributed by atoms with Crippen LogP contribution in [0, 0.1) is 0 Å². The van der Waals surface area contributed by atoms with Crippen molar-refractivity contribution in [2.45, 2.75) is 6.54 Å². The fourth-order valence-corrected chi connectivity index (χ4v) is 2.66. The lowest BCUT2D eigenvalue weighted by molar-refractivity contribution is -0.124. The molecule has 0 unspecified atom stereocenters. The maximum Gasteiger partial charge on any atom is 0.340 e. The van der Waals surface area contributed by atoms with Gasteiger partial charge in [-0.3, -0.25) is 9.59 Å². The molecule has 3 rings (SSSR count). The zero-order valence-corrected chi connectivity index (χ0v) is 15.9. The number of ether oxygens (including phenoxy) is 1. The quantitative estimate of drug-likeness (QED) is 0.577. The minimum absolute atomic E-state index is 0.104. The number of carbonyl (C=O) groups is 3. The van der Waals surface area contributed by atoms with Crippen LogP contribution < -0.4 is 10.6 Å². The molecule has 8 heteroatoms. The summed E-state index contributed by atoms with van der Waals surface area (Å²) in [5.74, 6) is -1.62. The number of hydrogen-bond donors (Lipinski definition) is 2. The first-order valence-electron chi connectivity index (χ1n) is 8.65. The number of nitrogens with one attached hydrogen (secondary N) is 2. The lowest BCUT2D eigenvalue weighted by atomic mass is 10.1. The number of rotatable bonds is 7. The van der Waals surface area contributed by atoms with E-state index in [0.29, 0.717) is 5.02 Å². The highest BCUT2D eigenvalue weighted by Crippen LogP contribution is 2.18. The highest BCUT2D eigenvalue weighted by Gasteiger charge is 2.17. The minimum Gasteiger partial charge on any atom is -0.459 e. The van der Waals surface area contributed by atoms with E-state index in [2.05, 4.69) is 10.6 Å². The van der Waals surface area contributed by atoms with E-state index in [9.17, 15) is 14.4 Å². The molecular weight excluding hydrogens is 396 g/mol. The van der Waals surface area contributed by atoms with Gasteiger partial charge in [0.25, 0.3) is 11.8 Å². The number of amides is 2. The molecule has 2 aromatic carbocycles.